The molecule has 1 saturated heterocycles. The first-order valence-electron chi connectivity index (χ1n) is 7.17. The summed E-state index contributed by atoms with van der Waals surface area (Å²) in [6.45, 7) is 4.32. The van der Waals surface area contributed by atoms with Gasteiger partial charge in [-0.3, -0.25) is 4.68 Å². The molecule has 1 atom stereocenters. The van der Waals surface area contributed by atoms with Crippen LogP contribution in [0, 0.1) is 0 Å². The Morgan fingerprint density at radius 2 is 2.05 bits per heavy atom. The van der Waals surface area contributed by atoms with Crippen LogP contribution in [0.2, 0.25) is 0 Å². The van der Waals surface area contributed by atoms with Crippen LogP contribution in [0.5, 0.6) is 0 Å². The van der Waals surface area contributed by atoms with Crippen molar-refractivity contribution >= 4 is 5.82 Å². The third-order valence-electron chi connectivity index (χ3n) is 3.81. The normalized spacial score (nSPS) is 23.0. The fraction of sp³-hybridized carbons (Fsp3) is 0.438. The van der Waals surface area contributed by atoms with Crippen LogP contribution in [0.1, 0.15) is 25.3 Å². The second-order valence-corrected chi connectivity index (χ2v) is 5.88. The van der Waals surface area contributed by atoms with Crippen molar-refractivity contribution in [1.82, 2.24) is 9.78 Å². The molecule has 0 saturated carbocycles. The van der Waals surface area contributed by atoms with Crippen molar-refractivity contribution in [2.45, 2.75) is 31.9 Å². The Morgan fingerprint density at radius 3 is 2.80 bits per heavy atom. The van der Waals surface area contributed by atoms with Gasteiger partial charge < -0.3 is 10.0 Å². The number of nitrogens with zero attached hydrogens (tertiary/aromatic N) is 3. The van der Waals surface area contributed by atoms with E-state index in [0.717, 1.165) is 31.7 Å². The standard InChI is InChI=1S/C16H21N3O/c1-16(20)9-5-10-18(13-16)15-8-11-19(17-15)12-14-6-3-2-4-7-14/h2-4,6-8,11,20H,5,9-10,12-13H2,1H3/t16-/m0/s1. The van der Waals surface area contributed by atoms with Crippen molar-refractivity contribution in [1.29, 1.82) is 0 Å². The average Bonchev–Trinajstić information content (AvgIpc) is 2.87. The molecule has 0 aliphatic carbocycles. The first kappa shape index (κ1) is 13.2. The van der Waals surface area contributed by atoms with Gasteiger partial charge in [-0.1, -0.05) is 30.3 Å². The Balaban J connectivity index is 1.70. The lowest BCUT2D eigenvalue weighted by Crippen LogP contribution is -2.46. The van der Waals surface area contributed by atoms with Crippen molar-refractivity contribution in [2.24, 2.45) is 0 Å². The van der Waals surface area contributed by atoms with E-state index in [2.05, 4.69) is 22.1 Å². The quantitative estimate of drug-likeness (QED) is 0.931. The first-order chi connectivity index (χ1) is 9.62. The van der Waals surface area contributed by atoms with Crippen LogP contribution in [0.4, 0.5) is 5.82 Å². The molecule has 1 aromatic carbocycles. The molecule has 0 unspecified atom stereocenters. The summed E-state index contributed by atoms with van der Waals surface area (Å²) in [6.07, 6.45) is 3.89. The molecule has 0 radical (unpaired) electrons. The largest absolute Gasteiger partial charge is 0.388 e. The predicted octanol–water partition coefficient (Wildman–Crippen LogP) is 2.28. The van der Waals surface area contributed by atoms with Crippen LogP contribution in [0.15, 0.2) is 42.6 Å². The number of hydrogen-bond acceptors (Lipinski definition) is 3. The molecule has 2 heterocycles. The van der Waals surface area contributed by atoms with Crippen LogP contribution in [0.3, 0.4) is 0 Å². The maximum Gasteiger partial charge on any atom is 0.150 e. The summed E-state index contributed by atoms with van der Waals surface area (Å²) in [4.78, 5) is 2.17. The van der Waals surface area contributed by atoms with E-state index in [-0.39, 0.29) is 0 Å². The molecule has 1 aliphatic rings. The van der Waals surface area contributed by atoms with Gasteiger partial charge in [0.1, 0.15) is 0 Å². The number of anilines is 1. The van der Waals surface area contributed by atoms with E-state index in [4.69, 9.17) is 0 Å². The smallest absolute Gasteiger partial charge is 0.150 e. The van der Waals surface area contributed by atoms with Crippen molar-refractivity contribution in [3.05, 3.63) is 48.2 Å². The highest BCUT2D eigenvalue weighted by Gasteiger charge is 2.29. The van der Waals surface area contributed by atoms with Gasteiger partial charge in [0.25, 0.3) is 0 Å². The highest BCUT2D eigenvalue weighted by atomic mass is 16.3. The topological polar surface area (TPSA) is 41.3 Å². The summed E-state index contributed by atoms with van der Waals surface area (Å²) in [5.74, 6) is 0.959. The molecule has 1 aromatic heterocycles. The average molecular weight is 271 g/mol. The lowest BCUT2D eigenvalue weighted by molar-refractivity contribution is 0.0447. The van der Waals surface area contributed by atoms with Gasteiger partial charge in [0.15, 0.2) is 5.82 Å². The Hall–Kier alpha value is -1.81. The highest BCUT2D eigenvalue weighted by molar-refractivity contribution is 5.38. The monoisotopic (exact) mass is 271 g/mol. The molecule has 4 nitrogen and oxygen atoms in total. The van der Waals surface area contributed by atoms with E-state index >= 15 is 0 Å². The molecule has 4 heteroatoms. The summed E-state index contributed by atoms with van der Waals surface area (Å²) < 4.78 is 1.95. The maximum absolute atomic E-state index is 10.2. The number of aliphatic hydroxyl groups is 1. The summed E-state index contributed by atoms with van der Waals surface area (Å²) in [5.41, 5.74) is 0.648. The lowest BCUT2D eigenvalue weighted by Gasteiger charge is -2.36. The zero-order valence-corrected chi connectivity index (χ0v) is 11.9. The van der Waals surface area contributed by atoms with Gasteiger partial charge in [0.05, 0.1) is 12.1 Å². The zero-order valence-electron chi connectivity index (χ0n) is 11.9. The van der Waals surface area contributed by atoms with Gasteiger partial charge in [0, 0.05) is 25.4 Å². The summed E-state index contributed by atoms with van der Waals surface area (Å²) in [7, 11) is 0. The van der Waals surface area contributed by atoms with Gasteiger partial charge in [-0.15, -0.1) is 0 Å². The lowest BCUT2D eigenvalue weighted by atomic mass is 9.95. The van der Waals surface area contributed by atoms with Gasteiger partial charge in [0.2, 0.25) is 0 Å². The predicted molar refractivity (Wildman–Crippen MR) is 79.8 cm³/mol. The third kappa shape index (κ3) is 3.02. The van der Waals surface area contributed by atoms with Crippen LogP contribution < -0.4 is 4.90 Å². The van der Waals surface area contributed by atoms with E-state index in [1.54, 1.807) is 0 Å². The van der Waals surface area contributed by atoms with E-state index in [1.807, 2.05) is 42.1 Å². The molecule has 1 N–H and O–H groups in total. The fourth-order valence-corrected chi connectivity index (χ4v) is 2.79. The number of β-amino-alcohol motifs (C(OH)–C–C–N with tert-alkyl or cyclic N) is 1. The third-order valence-corrected chi connectivity index (χ3v) is 3.81. The van der Waals surface area contributed by atoms with Crippen molar-refractivity contribution < 1.29 is 5.11 Å². The zero-order chi connectivity index (χ0) is 14.0. The molecule has 20 heavy (non-hydrogen) atoms. The Bertz CT molecular complexity index is 562. The molecule has 0 bridgehead atoms. The van der Waals surface area contributed by atoms with E-state index < -0.39 is 5.60 Å². The van der Waals surface area contributed by atoms with Crippen LogP contribution in [-0.2, 0) is 6.54 Å². The van der Waals surface area contributed by atoms with Crippen molar-refractivity contribution in [3.8, 4) is 0 Å². The van der Waals surface area contributed by atoms with Crippen LogP contribution in [0.25, 0.3) is 0 Å². The van der Waals surface area contributed by atoms with E-state index in [9.17, 15) is 5.11 Å². The summed E-state index contributed by atoms with van der Waals surface area (Å²) >= 11 is 0. The summed E-state index contributed by atoms with van der Waals surface area (Å²) in [5, 5.41) is 14.8. The second-order valence-electron chi connectivity index (χ2n) is 5.88. The molecular weight excluding hydrogens is 250 g/mol. The minimum absolute atomic E-state index is 0.596. The molecule has 1 aliphatic heterocycles. The highest BCUT2D eigenvalue weighted by Crippen LogP contribution is 2.24. The minimum Gasteiger partial charge on any atom is -0.388 e. The van der Waals surface area contributed by atoms with Crippen LogP contribution >= 0.6 is 0 Å². The van der Waals surface area contributed by atoms with Gasteiger partial charge in [-0.2, -0.15) is 5.10 Å². The van der Waals surface area contributed by atoms with Crippen molar-refractivity contribution in [2.75, 3.05) is 18.0 Å². The molecule has 3 rings (SSSR count). The maximum atomic E-state index is 10.2. The molecule has 1 fully saturated rings. The summed E-state index contributed by atoms with van der Waals surface area (Å²) in [6, 6.07) is 12.3. The van der Waals surface area contributed by atoms with Crippen molar-refractivity contribution in [3.63, 3.8) is 0 Å². The fourth-order valence-electron chi connectivity index (χ4n) is 2.79. The molecule has 0 spiro atoms. The SMILES string of the molecule is C[C@]1(O)CCCN(c2ccn(Cc3ccccc3)n2)C1. The van der Waals surface area contributed by atoms with E-state index in [1.165, 1.54) is 5.56 Å². The molecule has 2 aromatic rings. The number of benzene rings is 1. The number of hydrogen-bond donors (Lipinski definition) is 1. The van der Waals surface area contributed by atoms with Gasteiger partial charge >= 0.3 is 0 Å². The van der Waals surface area contributed by atoms with Gasteiger partial charge in [-0.05, 0) is 25.3 Å². The van der Waals surface area contributed by atoms with E-state index in [0.29, 0.717) is 6.54 Å². The minimum atomic E-state index is -0.596. The number of rotatable bonds is 3. The Labute approximate surface area is 119 Å². The molecular formula is C16H21N3O. The van der Waals surface area contributed by atoms with Gasteiger partial charge in [-0.25, -0.2) is 0 Å². The van der Waals surface area contributed by atoms with Crippen LogP contribution in [-0.4, -0.2) is 33.6 Å². The number of piperidine rings is 1. The molecule has 106 valence electrons. The Morgan fingerprint density at radius 1 is 1.25 bits per heavy atom. The molecule has 0 amide bonds. The second kappa shape index (κ2) is 5.29. The number of aromatic nitrogens is 2. The Kier molecular flexibility index (Phi) is 3.49. The first-order valence-corrected chi connectivity index (χ1v) is 7.17.